The molecule has 0 amide bonds. The van der Waals surface area contributed by atoms with Crippen molar-refractivity contribution in [1.82, 2.24) is 9.88 Å². The molecule has 0 unspecified atom stereocenters. The van der Waals surface area contributed by atoms with Crippen LogP contribution in [0, 0.1) is 11.3 Å². The average molecular weight is 328 g/mol. The van der Waals surface area contributed by atoms with E-state index in [0.29, 0.717) is 5.56 Å². The highest BCUT2D eigenvalue weighted by molar-refractivity contribution is 5.56. The molecule has 1 saturated heterocycles. The second-order valence-corrected chi connectivity index (χ2v) is 7.22. The van der Waals surface area contributed by atoms with Gasteiger partial charge < -0.3 is 9.64 Å². The standard InChI is InChI=1S/C19H28N4O/c1-14-12-23(13-15(2)24-14)9-8-22(3)19-17(11-20)10-16-6-4-5-7-18(16)21-19/h10,14-15H,4-9,12-13H2,1-3H3/t14-,15+. The van der Waals surface area contributed by atoms with Crippen LogP contribution in [0.2, 0.25) is 0 Å². The number of aryl methyl sites for hydroxylation is 2. The highest BCUT2D eigenvalue weighted by Gasteiger charge is 2.23. The largest absolute Gasteiger partial charge is 0.373 e. The molecule has 1 aromatic heterocycles. The van der Waals surface area contributed by atoms with Crippen molar-refractivity contribution >= 4 is 5.82 Å². The normalized spacial score (nSPS) is 24.2. The first kappa shape index (κ1) is 17.2. The summed E-state index contributed by atoms with van der Waals surface area (Å²) in [7, 11) is 2.05. The van der Waals surface area contributed by atoms with Crippen LogP contribution in [0.3, 0.4) is 0 Å². The van der Waals surface area contributed by atoms with Crippen molar-refractivity contribution in [2.75, 3.05) is 38.1 Å². The van der Waals surface area contributed by atoms with Gasteiger partial charge in [-0.25, -0.2) is 4.98 Å². The fourth-order valence-corrected chi connectivity index (χ4v) is 3.86. The fourth-order valence-electron chi connectivity index (χ4n) is 3.86. The van der Waals surface area contributed by atoms with Gasteiger partial charge in [0.1, 0.15) is 11.9 Å². The topological polar surface area (TPSA) is 52.4 Å². The summed E-state index contributed by atoms with van der Waals surface area (Å²) < 4.78 is 5.80. The summed E-state index contributed by atoms with van der Waals surface area (Å²) >= 11 is 0. The van der Waals surface area contributed by atoms with E-state index in [9.17, 15) is 5.26 Å². The van der Waals surface area contributed by atoms with Crippen LogP contribution in [0.4, 0.5) is 5.82 Å². The van der Waals surface area contributed by atoms with Crippen molar-refractivity contribution in [3.05, 3.63) is 22.9 Å². The highest BCUT2D eigenvalue weighted by atomic mass is 16.5. The lowest BCUT2D eigenvalue weighted by atomic mass is 9.95. The molecular formula is C19H28N4O. The number of pyridine rings is 1. The molecule has 1 aromatic rings. The van der Waals surface area contributed by atoms with Crippen molar-refractivity contribution < 1.29 is 4.74 Å². The first-order chi connectivity index (χ1) is 11.6. The van der Waals surface area contributed by atoms with Gasteiger partial charge in [0.05, 0.1) is 17.8 Å². The Balaban J connectivity index is 1.68. The number of ether oxygens (including phenoxy) is 1. The lowest BCUT2D eigenvalue weighted by Crippen LogP contribution is -2.47. The minimum absolute atomic E-state index is 0.288. The molecule has 2 atom stereocenters. The number of hydrogen-bond acceptors (Lipinski definition) is 5. The van der Waals surface area contributed by atoms with Crippen molar-refractivity contribution in [2.24, 2.45) is 0 Å². The van der Waals surface area contributed by atoms with Gasteiger partial charge in [-0.3, -0.25) is 4.90 Å². The highest BCUT2D eigenvalue weighted by Crippen LogP contribution is 2.26. The van der Waals surface area contributed by atoms with Crippen LogP contribution in [0.1, 0.15) is 43.5 Å². The van der Waals surface area contributed by atoms with E-state index >= 15 is 0 Å². The summed E-state index contributed by atoms with van der Waals surface area (Å²) in [6.07, 6.45) is 5.09. The molecule has 1 fully saturated rings. The molecule has 3 rings (SSSR count). The SMILES string of the molecule is C[C@@H]1CN(CCN(C)c2nc3c(cc2C#N)CCCC3)C[C@H](C)O1. The summed E-state index contributed by atoms with van der Waals surface area (Å²) in [6.45, 7) is 8.05. The Morgan fingerprint density at radius 2 is 2.00 bits per heavy atom. The van der Waals surface area contributed by atoms with Crippen LogP contribution in [-0.4, -0.2) is 55.3 Å². The fraction of sp³-hybridized carbons (Fsp3) is 0.684. The molecule has 2 aliphatic rings. The second kappa shape index (κ2) is 7.50. The average Bonchev–Trinajstić information content (AvgIpc) is 2.57. The van der Waals surface area contributed by atoms with E-state index in [1.54, 1.807) is 0 Å². The summed E-state index contributed by atoms with van der Waals surface area (Å²) in [4.78, 5) is 9.42. The van der Waals surface area contributed by atoms with E-state index in [1.807, 2.05) is 7.05 Å². The van der Waals surface area contributed by atoms with Gasteiger partial charge in [0.25, 0.3) is 0 Å². The Hall–Kier alpha value is -1.64. The lowest BCUT2D eigenvalue weighted by Gasteiger charge is -2.36. The van der Waals surface area contributed by atoms with Gasteiger partial charge in [0, 0.05) is 38.9 Å². The molecule has 5 heteroatoms. The van der Waals surface area contributed by atoms with Gasteiger partial charge in [0.2, 0.25) is 0 Å². The Morgan fingerprint density at radius 1 is 1.29 bits per heavy atom. The summed E-state index contributed by atoms with van der Waals surface area (Å²) in [5.74, 6) is 0.840. The molecule has 2 heterocycles. The zero-order valence-electron chi connectivity index (χ0n) is 15.1. The first-order valence-corrected chi connectivity index (χ1v) is 9.08. The Morgan fingerprint density at radius 3 is 2.71 bits per heavy atom. The van der Waals surface area contributed by atoms with E-state index in [0.717, 1.165) is 44.8 Å². The molecule has 5 nitrogen and oxygen atoms in total. The summed E-state index contributed by atoms with van der Waals surface area (Å²) in [5, 5.41) is 9.51. The number of likely N-dealkylation sites (N-methyl/N-ethyl adjacent to an activating group) is 1. The number of hydrogen-bond donors (Lipinski definition) is 0. The summed E-state index contributed by atoms with van der Waals surface area (Å²) in [5.41, 5.74) is 3.17. The third-order valence-corrected chi connectivity index (χ3v) is 5.01. The van der Waals surface area contributed by atoms with Crippen LogP contribution in [-0.2, 0) is 17.6 Å². The number of rotatable bonds is 4. The molecule has 0 aromatic carbocycles. The quantitative estimate of drug-likeness (QED) is 0.849. The van der Waals surface area contributed by atoms with Gasteiger partial charge in [-0.15, -0.1) is 0 Å². The van der Waals surface area contributed by atoms with Crippen molar-refractivity contribution in [3.63, 3.8) is 0 Å². The Bertz CT molecular complexity index is 615. The van der Waals surface area contributed by atoms with Gasteiger partial charge in [-0.1, -0.05) is 0 Å². The number of nitrogens with zero attached hydrogens (tertiary/aromatic N) is 4. The number of fused-ring (bicyclic) bond motifs is 1. The lowest BCUT2D eigenvalue weighted by molar-refractivity contribution is -0.0670. The molecule has 0 N–H and O–H groups in total. The maximum atomic E-state index is 9.51. The number of nitriles is 1. The van der Waals surface area contributed by atoms with Gasteiger partial charge in [-0.05, 0) is 51.2 Å². The minimum atomic E-state index is 0.288. The maximum absolute atomic E-state index is 9.51. The third-order valence-electron chi connectivity index (χ3n) is 5.01. The third kappa shape index (κ3) is 3.88. The zero-order valence-corrected chi connectivity index (χ0v) is 15.1. The Kier molecular flexibility index (Phi) is 5.37. The Labute approximate surface area is 145 Å². The van der Waals surface area contributed by atoms with E-state index in [-0.39, 0.29) is 12.2 Å². The molecule has 0 radical (unpaired) electrons. The minimum Gasteiger partial charge on any atom is -0.373 e. The second-order valence-electron chi connectivity index (χ2n) is 7.22. The molecular weight excluding hydrogens is 300 g/mol. The molecule has 0 spiro atoms. The van der Waals surface area contributed by atoms with Crippen LogP contribution in [0.5, 0.6) is 0 Å². The van der Waals surface area contributed by atoms with Crippen LogP contribution < -0.4 is 4.90 Å². The molecule has 24 heavy (non-hydrogen) atoms. The molecule has 0 saturated carbocycles. The van der Waals surface area contributed by atoms with Gasteiger partial charge >= 0.3 is 0 Å². The van der Waals surface area contributed by atoms with Crippen molar-refractivity contribution in [3.8, 4) is 6.07 Å². The van der Waals surface area contributed by atoms with Crippen LogP contribution >= 0.6 is 0 Å². The van der Waals surface area contributed by atoms with Crippen molar-refractivity contribution in [2.45, 2.75) is 51.7 Å². The predicted octanol–water partition coefficient (Wildman–Crippen LogP) is 2.38. The maximum Gasteiger partial charge on any atom is 0.146 e. The molecule has 1 aliphatic heterocycles. The number of aromatic nitrogens is 1. The molecule has 0 bridgehead atoms. The van der Waals surface area contributed by atoms with Crippen molar-refractivity contribution in [1.29, 1.82) is 5.26 Å². The van der Waals surface area contributed by atoms with E-state index in [2.05, 4.69) is 35.8 Å². The van der Waals surface area contributed by atoms with E-state index < -0.39 is 0 Å². The van der Waals surface area contributed by atoms with E-state index in [4.69, 9.17) is 9.72 Å². The number of morpholine rings is 1. The van der Waals surface area contributed by atoms with Gasteiger partial charge in [0.15, 0.2) is 0 Å². The molecule has 130 valence electrons. The van der Waals surface area contributed by atoms with Crippen LogP contribution in [0.15, 0.2) is 6.07 Å². The first-order valence-electron chi connectivity index (χ1n) is 9.08. The zero-order chi connectivity index (χ0) is 17.1. The predicted molar refractivity (Wildman–Crippen MR) is 95.3 cm³/mol. The van der Waals surface area contributed by atoms with Crippen LogP contribution in [0.25, 0.3) is 0 Å². The summed E-state index contributed by atoms with van der Waals surface area (Å²) in [6, 6.07) is 4.40. The number of anilines is 1. The molecule has 1 aliphatic carbocycles. The monoisotopic (exact) mass is 328 g/mol. The van der Waals surface area contributed by atoms with E-state index in [1.165, 1.54) is 24.1 Å². The smallest absolute Gasteiger partial charge is 0.146 e. The van der Waals surface area contributed by atoms with Gasteiger partial charge in [-0.2, -0.15) is 5.26 Å².